The van der Waals surface area contributed by atoms with Gasteiger partial charge >= 0.3 is 5.69 Å². The number of nitrogens with zero attached hydrogens (tertiary/aromatic N) is 2. The van der Waals surface area contributed by atoms with Crippen molar-refractivity contribution in [2.75, 3.05) is 0 Å². The van der Waals surface area contributed by atoms with Crippen LogP contribution in [0.1, 0.15) is 5.69 Å². The Kier molecular flexibility index (Phi) is 2.90. The van der Waals surface area contributed by atoms with Gasteiger partial charge in [0.2, 0.25) is 0 Å². The van der Waals surface area contributed by atoms with E-state index in [1.54, 1.807) is 24.4 Å². The number of H-pyrrole nitrogens is 1. The van der Waals surface area contributed by atoms with Gasteiger partial charge < -0.3 is 4.98 Å². The molecule has 0 amide bonds. The Morgan fingerprint density at radius 2 is 2.00 bits per heavy atom. The molecule has 6 heteroatoms. The van der Waals surface area contributed by atoms with E-state index in [1.807, 2.05) is 0 Å². The number of hydrogen-bond donors (Lipinski definition) is 1. The lowest BCUT2D eigenvalue weighted by molar-refractivity contribution is 0.630. The van der Waals surface area contributed by atoms with Crippen molar-refractivity contribution in [3.05, 3.63) is 74.9 Å². The fraction of sp³-hybridized carbons (Fsp3) is 0.0714. The van der Waals surface area contributed by atoms with Crippen molar-refractivity contribution in [2.24, 2.45) is 0 Å². The van der Waals surface area contributed by atoms with E-state index >= 15 is 0 Å². The normalized spacial score (nSPS) is 10.8. The van der Waals surface area contributed by atoms with Crippen LogP contribution in [0.2, 0.25) is 0 Å². The maximum absolute atomic E-state index is 13.7. The highest BCUT2D eigenvalue weighted by atomic mass is 19.1. The number of nitrogens with one attached hydrogen (secondary N) is 1. The number of rotatable bonds is 2. The summed E-state index contributed by atoms with van der Waals surface area (Å²) in [6.45, 7) is -0.000713. The molecule has 2 heterocycles. The summed E-state index contributed by atoms with van der Waals surface area (Å²) >= 11 is 0. The van der Waals surface area contributed by atoms with Crippen molar-refractivity contribution in [3.63, 3.8) is 0 Å². The smallest absolute Gasteiger partial charge is 0.307 e. The molecule has 1 N–H and O–H groups in total. The fourth-order valence-corrected chi connectivity index (χ4v) is 2.05. The molecule has 0 unspecified atom stereocenters. The largest absolute Gasteiger partial charge is 0.329 e. The van der Waals surface area contributed by atoms with Gasteiger partial charge in [0.25, 0.3) is 5.56 Å². The summed E-state index contributed by atoms with van der Waals surface area (Å²) in [5, 5.41) is -0.122. The molecule has 0 bridgehead atoms. The van der Waals surface area contributed by atoms with Crippen LogP contribution in [-0.2, 0) is 6.54 Å². The Morgan fingerprint density at radius 3 is 2.75 bits per heavy atom. The molecule has 0 spiro atoms. The van der Waals surface area contributed by atoms with Crippen LogP contribution >= 0.6 is 0 Å². The van der Waals surface area contributed by atoms with E-state index < -0.39 is 17.1 Å². The SMILES string of the molecule is O=c1[nH]c2cccc(F)c2c(=O)n1Cc1ccccn1. The Hall–Kier alpha value is -2.76. The molecule has 3 aromatic rings. The summed E-state index contributed by atoms with van der Waals surface area (Å²) in [5.41, 5.74) is -0.501. The van der Waals surface area contributed by atoms with Crippen LogP contribution < -0.4 is 11.2 Å². The molecule has 1 aromatic carbocycles. The Balaban J connectivity index is 2.24. The molecule has 0 saturated heterocycles. The summed E-state index contributed by atoms with van der Waals surface area (Å²) in [6.07, 6.45) is 1.57. The number of pyridine rings is 1. The second kappa shape index (κ2) is 4.73. The molecule has 0 saturated carbocycles. The van der Waals surface area contributed by atoms with Gasteiger partial charge in [0.05, 0.1) is 23.1 Å². The first kappa shape index (κ1) is 12.3. The van der Waals surface area contributed by atoms with E-state index in [0.29, 0.717) is 5.69 Å². The van der Waals surface area contributed by atoms with Crippen LogP contribution in [-0.4, -0.2) is 14.5 Å². The number of halogens is 1. The first-order valence-corrected chi connectivity index (χ1v) is 5.98. The predicted octanol–water partition coefficient (Wildman–Crippen LogP) is 1.27. The number of hydrogen-bond acceptors (Lipinski definition) is 3. The average Bonchev–Trinajstić information content (AvgIpc) is 2.44. The van der Waals surface area contributed by atoms with Gasteiger partial charge in [0.1, 0.15) is 5.82 Å². The van der Waals surface area contributed by atoms with E-state index in [9.17, 15) is 14.0 Å². The Labute approximate surface area is 112 Å². The second-order valence-corrected chi connectivity index (χ2v) is 4.30. The van der Waals surface area contributed by atoms with Crippen molar-refractivity contribution in [1.29, 1.82) is 0 Å². The molecule has 20 heavy (non-hydrogen) atoms. The minimum atomic E-state index is -0.660. The van der Waals surface area contributed by atoms with E-state index in [-0.39, 0.29) is 17.4 Å². The third kappa shape index (κ3) is 2.01. The summed E-state index contributed by atoms with van der Waals surface area (Å²) in [6, 6.07) is 9.30. The first-order chi connectivity index (χ1) is 9.66. The molecule has 0 fully saturated rings. The lowest BCUT2D eigenvalue weighted by Crippen LogP contribution is -2.36. The van der Waals surface area contributed by atoms with Crippen molar-refractivity contribution < 1.29 is 4.39 Å². The highest BCUT2D eigenvalue weighted by molar-refractivity contribution is 5.77. The summed E-state index contributed by atoms with van der Waals surface area (Å²) in [7, 11) is 0. The van der Waals surface area contributed by atoms with Gasteiger partial charge in [0, 0.05) is 6.20 Å². The molecule has 5 nitrogen and oxygen atoms in total. The Bertz CT molecular complexity index is 884. The van der Waals surface area contributed by atoms with Crippen molar-refractivity contribution in [2.45, 2.75) is 6.54 Å². The van der Waals surface area contributed by atoms with Gasteiger partial charge in [0.15, 0.2) is 0 Å². The van der Waals surface area contributed by atoms with Crippen LogP contribution in [0.4, 0.5) is 4.39 Å². The standard InChI is InChI=1S/C14H10FN3O2/c15-10-5-3-6-11-12(10)13(19)18(14(20)17-11)8-9-4-1-2-7-16-9/h1-7H,8H2,(H,17,20). The number of fused-ring (bicyclic) bond motifs is 1. The third-order valence-corrected chi connectivity index (χ3v) is 3.01. The zero-order valence-electron chi connectivity index (χ0n) is 10.3. The minimum absolute atomic E-state index is 0.000713. The highest BCUT2D eigenvalue weighted by Gasteiger charge is 2.11. The molecule has 0 atom stereocenters. The summed E-state index contributed by atoms with van der Waals surface area (Å²) < 4.78 is 14.7. The van der Waals surface area contributed by atoms with Crippen LogP contribution in [0.15, 0.2) is 52.2 Å². The fourth-order valence-electron chi connectivity index (χ4n) is 2.05. The number of benzene rings is 1. The van der Waals surface area contributed by atoms with E-state index in [2.05, 4.69) is 9.97 Å². The van der Waals surface area contributed by atoms with Crippen LogP contribution in [0.3, 0.4) is 0 Å². The summed E-state index contributed by atoms with van der Waals surface area (Å²) in [5.74, 6) is -0.654. The molecule has 0 aliphatic heterocycles. The zero-order chi connectivity index (χ0) is 14.1. The van der Waals surface area contributed by atoms with Gasteiger partial charge in [-0.2, -0.15) is 0 Å². The molecule has 100 valence electrons. The van der Waals surface area contributed by atoms with Gasteiger partial charge in [-0.3, -0.25) is 14.3 Å². The molecule has 0 aliphatic rings. The number of aromatic nitrogens is 3. The first-order valence-electron chi connectivity index (χ1n) is 5.98. The predicted molar refractivity (Wildman–Crippen MR) is 72.1 cm³/mol. The van der Waals surface area contributed by atoms with Crippen molar-refractivity contribution in [1.82, 2.24) is 14.5 Å². The summed E-state index contributed by atoms with van der Waals surface area (Å²) in [4.78, 5) is 30.7. The van der Waals surface area contributed by atoms with Crippen molar-refractivity contribution >= 4 is 10.9 Å². The van der Waals surface area contributed by atoms with Gasteiger partial charge in [-0.05, 0) is 24.3 Å². The zero-order valence-corrected chi connectivity index (χ0v) is 10.3. The van der Waals surface area contributed by atoms with Gasteiger partial charge in [-0.25, -0.2) is 9.18 Å². The lowest BCUT2D eigenvalue weighted by Gasteiger charge is -2.06. The van der Waals surface area contributed by atoms with Crippen molar-refractivity contribution in [3.8, 4) is 0 Å². The van der Waals surface area contributed by atoms with E-state index in [0.717, 1.165) is 4.57 Å². The van der Waals surface area contributed by atoms with E-state index in [4.69, 9.17) is 0 Å². The molecule has 0 radical (unpaired) electrons. The molecular weight excluding hydrogens is 261 g/mol. The van der Waals surface area contributed by atoms with Crippen LogP contribution in [0, 0.1) is 5.82 Å². The molecular formula is C14H10FN3O2. The molecule has 3 rings (SSSR count). The lowest BCUT2D eigenvalue weighted by atomic mass is 10.2. The third-order valence-electron chi connectivity index (χ3n) is 3.01. The molecule has 0 aliphatic carbocycles. The van der Waals surface area contributed by atoms with E-state index in [1.165, 1.54) is 18.2 Å². The minimum Gasteiger partial charge on any atom is -0.307 e. The monoisotopic (exact) mass is 271 g/mol. The highest BCUT2D eigenvalue weighted by Crippen LogP contribution is 2.09. The average molecular weight is 271 g/mol. The second-order valence-electron chi connectivity index (χ2n) is 4.30. The molecule has 2 aromatic heterocycles. The number of aromatic amines is 1. The quantitative estimate of drug-likeness (QED) is 0.763. The maximum atomic E-state index is 13.7. The van der Waals surface area contributed by atoms with Gasteiger partial charge in [-0.15, -0.1) is 0 Å². The topological polar surface area (TPSA) is 67.8 Å². The van der Waals surface area contributed by atoms with Crippen LogP contribution in [0.25, 0.3) is 10.9 Å². The van der Waals surface area contributed by atoms with Crippen LogP contribution in [0.5, 0.6) is 0 Å². The maximum Gasteiger partial charge on any atom is 0.329 e. The Morgan fingerprint density at radius 1 is 1.15 bits per heavy atom. The van der Waals surface area contributed by atoms with Gasteiger partial charge in [-0.1, -0.05) is 12.1 Å².